The Labute approximate surface area is 222 Å². The van der Waals surface area contributed by atoms with Gasteiger partial charge in [0.15, 0.2) is 0 Å². The van der Waals surface area contributed by atoms with Gasteiger partial charge in [0.1, 0.15) is 0 Å². The molecule has 4 aromatic rings. The predicted molar refractivity (Wildman–Crippen MR) is 136 cm³/mol. The van der Waals surface area contributed by atoms with Crippen LogP contribution in [-0.4, -0.2) is 0 Å². The molecule has 4 aromatic carbocycles. The van der Waals surface area contributed by atoms with E-state index in [-0.39, 0.29) is 50.7 Å². The summed E-state index contributed by atoms with van der Waals surface area (Å²) < 4.78 is 0. The molecule has 160 valence electrons. The van der Waals surface area contributed by atoms with Gasteiger partial charge in [-0.05, 0) is 50.4 Å². The first kappa shape index (κ1) is 25.0. The van der Waals surface area contributed by atoms with Crippen LogP contribution in [0.3, 0.4) is 0 Å². The summed E-state index contributed by atoms with van der Waals surface area (Å²) in [4.78, 5) is 0. The van der Waals surface area contributed by atoms with Crippen LogP contribution in [0.5, 0.6) is 0 Å². The van der Waals surface area contributed by atoms with Crippen molar-refractivity contribution < 1.29 is 25.8 Å². The van der Waals surface area contributed by atoms with E-state index in [0.29, 0.717) is 17.8 Å². The van der Waals surface area contributed by atoms with Crippen molar-refractivity contribution in [3.63, 3.8) is 0 Å². The van der Waals surface area contributed by atoms with Crippen LogP contribution < -0.4 is 0 Å². The quantitative estimate of drug-likeness (QED) is 0.201. The third-order valence-corrected chi connectivity index (χ3v) is 7.09. The first-order chi connectivity index (χ1) is 14.4. The van der Waals surface area contributed by atoms with E-state index in [0.717, 1.165) is 6.42 Å². The zero-order valence-electron chi connectivity index (χ0n) is 18.0. The van der Waals surface area contributed by atoms with Crippen molar-refractivity contribution >= 4 is 24.8 Å². The minimum atomic E-state index is 0. The van der Waals surface area contributed by atoms with Crippen LogP contribution in [0.2, 0.25) is 0 Å². The SMILES string of the molecule is CCC(C1c2ccccc2-c2ccccc21)C1c2ccccc2-c2ccccc21.Cl.Cl.[Hf]. The zero-order chi connectivity index (χ0) is 19.4. The summed E-state index contributed by atoms with van der Waals surface area (Å²) in [6, 6.07) is 36.2. The van der Waals surface area contributed by atoms with Crippen molar-refractivity contribution in [3.05, 3.63) is 119 Å². The molecule has 0 atom stereocenters. The molecule has 0 saturated carbocycles. The summed E-state index contributed by atoms with van der Waals surface area (Å²) in [7, 11) is 0. The first-order valence-electron chi connectivity index (χ1n) is 10.7. The Morgan fingerprint density at radius 3 is 1.00 bits per heavy atom. The van der Waals surface area contributed by atoms with Gasteiger partial charge in [-0.25, -0.2) is 0 Å². The van der Waals surface area contributed by atoms with Crippen LogP contribution in [0.4, 0.5) is 0 Å². The van der Waals surface area contributed by atoms with Gasteiger partial charge in [0.2, 0.25) is 0 Å². The van der Waals surface area contributed by atoms with E-state index >= 15 is 0 Å². The average molecular weight is 624 g/mol. The monoisotopic (exact) mass is 624 g/mol. The van der Waals surface area contributed by atoms with Gasteiger partial charge in [-0.15, -0.1) is 24.8 Å². The van der Waals surface area contributed by atoms with E-state index in [9.17, 15) is 0 Å². The van der Waals surface area contributed by atoms with Gasteiger partial charge < -0.3 is 0 Å². The summed E-state index contributed by atoms with van der Waals surface area (Å²) >= 11 is 0. The van der Waals surface area contributed by atoms with E-state index in [2.05, 4.69) is 104 Å². The van der Waals surface area contributed by atoms with Gasteiger partial charge in [-0.1, -0.05) is 110 Å². The van der Waals surface area contributed by atoms with Crippen molar-refractivity contribution in [2.45, 2.75) is 25.2 Å². The smallest absolute Gasteiger partial charge is 0.0139 e. The standard InChI is InChI=1S/C29H24.2ClH.Hf/c1-2-19(28-24-15-7-3-11-20(24)21-12-4-8-16-25(21)28)29-26-17-9-5-13-22(26)23-14-6-10-18-27(23)29;;;/h3-19,28-29H,2H2,1H3;2*1H;. The number of hydrogen-bond acceptors (Lipinski definition) is 0. The summed E-state index contributed by atoms with van der Waals surface area (Å²) in [5.41, 5.74) is 11.7. The van der Waals surface area contributed by atoms with Crippen molar-refractivity contribution in [2.75, 3.05) is 0 Å². The van der Waals surface area contributed by atoms with Crippen LogP contribution >= 0.6 is 24.8 Å². The van der Waals surface area contributed by atoms with Crippen LogP contribution in [0.15, 0.2) is 97.1 Å². The molecule has 32 heavy (non-hydrogen) atoms. The van der Waals surface area contributed by atoms with Crippen molar-refractivity contribution in [1.82, 2.24) is 0 Å². The molecule has 0 amide bonds. The molecule has 0 spiro atoms. The number of benzene rings is 4. The van der Waals surface area contributed by atoms with Gasteiger partial charge in [0.05, 0.1) is 0 Å². The third kappa shape index (κ3) is 3.63. The molecule has 0 saturated heterocycles. The molecule has 0 nitrogen and oxygen atoms in total. The largest absolute Gasteiger partial charge is 0.147 e. The van der Waals surface area contributed by atoms with Crippen molar-refractivity contribution in [1.29, 1.82) is 0 Å². The minimum absolute atomic E-state index is 0. The fourth-order valence-corrected chi connectivity index (χ4v) is 5.98. The second-order valence-electron chi connectivity index (χ2n) is 8.38. The molecule has 6 rings (SSSR count). The maximum Gasteiger partial charge on any atom is 0.0139 e. The molecular formula is C29H26Cl2Hf. The van der Waals surface area contributed by atoms with Crippen LogP contribution in [0, 0.1) is 5.92 Å². The summed E-state index contributed by atoms with van der Waals surface area (Å²) in [5, 5.41) is 0. The van der Waals surface area contributed by atoms with Crippen LogP contribution in [-0.2, 0) is 25.8 Å². The van der Waals surface area contributed by atoms with Gasteiger partial charge in [-0.3, -0.25) is 0 Å². The van der Waals surface area contributed by atoms with Gasteiger partial charge in [0, 0.05) is 37.7 Å². The molecule has 0 aromatic heterocycles. The molecule has 3 heteroatoms. The maximum absolute atomic E-state index is 2.37. The molecule has 0 radical (unpaired) electrons. The zero-order valence-corrected chi connectivity index (χ0v) is 23.2. The van der Waals surface area contributed by atoms with Crippen LogP contribution in [0.1, 0.15) is 47.4 Å². The maximum atomic E-state index is 2.37. The number of rotatable bonds is 3. The summed E-state index contributed by atoms with van der Waals surface area (Å²) in [5.74, 6) is 1.41. The van der Waals surface area contributed by atoms with Crippen LogP contribution in [0.25, 0.3) is 22.3 Å². The second kappa shape index (κ2) is 10.1. The molecule has 2 aliphatic carbocycles. The van der Waals surface area contributed by atoms with Crippen molar-refractivity contribution in [3.8, 4) is 22.3 Å². The molecular weight excluding hydrogens is 598 g/mol. The Hall–Kier alpha value is -1.67. The van der Waals surface area contributed by atoms with E-state index in [1.165, 1.54) is 44.5 Å². The van der Waals surface area contributed by atoms with E-state index in [1.807, 2.05) is 0 Å². The molecule has 2 aliphatic rings. The summed E-state index contributed by atoms with van der Waals surface area (Å²) in [6.45, 7) is 2.37. The molecule has 0 heterocycles. The van der Waals surface area contributed by atoms with Gasteiger partial charge >= 0.3 is 0 Å². The summed E-state index contributed by atoms with van der Waals surface area (Å²) in [6.07, 6.45) is 1.15. The molecule has 0 unspecified atom stereocenters. The minimum Gasteiger partial charge on any atom is -0.147 e. The third-order valence-electron chi connectivity index (χ3n) is 7.09. The first-order valence-corrected chi connectivity index (χ1v) is 10.7. The van der Waals surface area contributed by atoms with E-state index in [4.69, 9.17) is 0 Å². The van der Waals surface area contributed by atoms with Gasteiger partial charge in [-0.2, -0.15) is 0 Å². The Balaban J connectivity index is 0.000000963. The molecule has 0 N–H and O–H groups in total. The Bertz CT molecular complexity index is 1050. The molecule has 0 fully saturated rings. The Morgan fingerprint density at radius 2 is 0.750 bits per heavy atom. The topological polar surface area (TPSA) is 0 Å². The fourth-order valence-electron chi connectivity index (χ4n) is 5.98. The average Bonchev–Trinajstić information content (AvgIpc) is 3.29. The van der Waals surface area contributed by atoms with Gasteiger partial charge in [0.25, 0.3) is 0 Å². The van der Waals surface area contributed by atoms with E-state index < -0.39 is 0 Å². The normalized spacial score (nSPS) is 13.2. The molecule has 0 bridgehead atoms. The van der Waals surface area contributed by atoms with Crippen molar-refractivity contribution in [2.24, 2.45) is 5.92 Å². The number of hydrogen-bond donors (Lipinski definition) is 0. The molecule has 0 aliphatic heterocycles. The second-order valence-corrected chi connectivity index (χ2v) is 8.38. The fraction of sp³-hybridized carbons (Fsp3) is 0.172. The van der Waals surface area contributed by atoms with E-state index in [1.54, 1.807) is 0 Å². The Morgan fingerprint density at radius 1 is 0.500 bits per heavy atom. The predicted octanol–water partition coefficient (Wildman–Crippen LogP) is 8.48. The Kier molecular flexibility index (Phi) is 7.86. The number of fused-ring (bicyclic) bond motifs is 6. The number of halogens is 2.